The molecule has 0 spiro atoms. The van der Waals surface area contributed by atoms with Crippen LogP contribution in [-0.4, -0.2) is 75.4 Å². The zero-order valence-electron chi connectivity index (χ0n) is 17.2. The van der Waals surface area contributed by atoms with E-state index in [-0.39, 0.29) is 101 Å². The molecule has 0 heterocycles. The molecule has 0 aliphatic carbocycles. The Kier molecular flexibility index (Phi) is 33.3. The van der Waals surface area contributed by atoms with Gasteiger partial charge in [-0.2, -0.15) is 0 Å². The normalized spacial score (nSPS) is 12.5. The van der Waals surface area contributed by atoms with Crippen LogP contribution in [0.3, 0.4) is 0 Å². The smallest absolute Gasteiger partial charge is 0.306 e. The standard InChI is InChI=1S/C8H14ClNO4.C8H15NO4.2Y/c1-13-4-3-6(8(9)10-12)5-7(11)14-2;1-12-4-3-7(6-9-11)5-8(10)13-2;;/h6,12H,3-5H2,1-2H3;6-7,11H,3-5H2,1-2H3;;/b10-8-;9-6+;;. The maximum atomic E-state index is 10.9. The summed E-state index contributed by atoms with van der Waals surface area (Å²) in [6.45, 7) is 0.959. The summed E-state index contributed by atoms with van der Waals surface area (Å²) in [5.74, 6) is -1.19. The zero-order chi connectivity index (χ0) is 21.1. The molecule has 2 unspecified atom stereocenters. The van der Waals surface area contributed by atoms with Crippen LogP contribution in [0.1, 0.15) is 25.7 Å². The van der Waals surface area contributed by atoms with E-state index in [0.717, 1.165) is 0 Å². The minimum atomic E-state index is -0.395. The van der Waals surface area contributed by atoms with Gasteiger partial charge in [0.25, 0.3) is 0 Å². The Morgan fingerprint density at radius 3 is 1.83 bits per heavy atom. The number of hydrogen-bond acceptors (Lipinski definition) is 10. The molecule has 0 bridgehead atoms. The van der Waals surface area contributed by atoms with Gasteiger partial charge in [-0.05, 0) is 12.8 Å². The third-order valence-corrected chi connectivity index (χ3v) is 3.75. The Balaban J connectivity index is -0.000000202. The van der Waals surface area contributed by atoms with Gasteiger partial charge >= 0.3 is 11.9 Å². The molecular formula is C16H29ClN2O8Y2. The number of oxime groups is 2. The maximum absolute atomic E-state index is 10.9. The van der Waals surface area contributed by atoms with Crippen molar-refractivity contribution in [2.75, 3.05) is 41.7 Å². The van der Waals surface area contributed by atoms with Crippen LogP contribution < -0.4 is 0 Å². The third kappa shape index (κ3) is 22.8. The van der Waals surface area contributed by atoms with Gasteiger partial charge in [0.15, 0.2) is 0 Å². The minimum Gasteiger partial charge on any atom is -0.469 e. The van der Waals surface area contributed by atoms with Crippen molar-refractivity contribution >= 4 is 34.9 Å². The van der Waals surface area contributed by atoms with Gasteiger partial charge in [0.1, 0.15) is 5.17 Å². The molecule has 0 fully saturated rings. The number of nitrogens with zero attached hydrogens (tertiary/aromatic N) is 2. The fraction of sp³-hybridized carbons (Fsp3) is 0.750. The first-order valence-electron chi connectivity index (χ1n) is 8.06. The van der Waals surface area contributed by atoms with Gasteiger partial charge in [0.05, 0.1) is 27.1 Å². The first-order valence-corrected chi connectivity index (χ1v) is 8.44. The van der Waals surface area contributed by atoms with E-state index in [0.29, 0.717) is 26.1 Å². The molecule has 0 aromatic carbocycles. The van der Waals surface area contributed by atoms with E-state index in [1.54, 1.807) is 14.2 Å². The molecule has 0 amide bonds. The van der Waals surface area contributed by atoms with Gasteiger partial charge in [0, 0.05) is 111 Å². The van der Waals surface area contributed by atoms with Crippen LogP contribution in [0, 0.1) is 11.8 Å². The summed E-state index contributed by atoms with van der Waals surface area (Å²) < 4.78 is 18.6. The quantitative estimate of drug-likeness (QED) is 0.152. The summed E-state index contributed by atoms with van der Waals surface area (Å²) in [4.78, 5) is 21.8. The number of carbonyl (C=O) groups excluding carboxylic acids is 2. The van der Waals surface area contributed by atoms with E-state index < -0.39 is 5.97 Å². The van der Waals surface area contributed by atoms with Gasteiger partial charge in [0.2, 0.25) is 0 Å². The van der Waals surface area contributed by atoms with Crippen LogP contribution in [0.4, 0.5) is 0 Å². The first kappa shape index (κ1) is 36.7. The second kappa shape index (κ2) is 26.3. The van der Waals surface area contributed by atoms with Crippen molar-refractivity contribution in [3.8, 4) is 0 Å². The van der Waals surface area contributed by atoms with Crippen molar-refractivity contribution in [1.82, 2.24) is 0 Å². The summed E-state index contributed by atoms with van der Waals surface area (Å²) in [5, 5.41) is 22.5. The second-order valence-electron chi connectivity index (χ2n) is 5.27. The Morgan fingerprint density at radius 2 is 1.41 bits per heavy atom. The Hall–Kier alpha value is 0.298. The number of hydrogen-bond donors (Lipinski definition) is 2. The minimum absolute atomic E-state index is 0. The second-order valence-corrected chi connectivity index (χ2v) is 5.65. The fourth-order valence-electron chi connectivity index (χ4n) is 1.82. The number of carbonyl (C=O) groups is 2. The predicted octanol–water partition coefficient (Wildman–Crippen LogP) is 1.89. The van der Waals surface area contributed by atoms with Gasteiger partial charge in [-0.25, -0.2) is 0 Å². The molecule has 0 aliphatic rings. The number of esters is 2. The Morgan fingerprint density at radius 1 is 0.931 bits per heavy atom. The molecule has 10 nitrogen and oxygen atoms in total. The molecule has 2 N–H and O–H groups in total. The molecule has 2 atom stereocenters. The van der Waals surface area contributed by atoms with E-state index in [2.05, 4.69) is 19.8 Å². The summed E-state index contributed by atoms with van der Waals surface area (Å²) in [6, 6.07) is 0. The van der Waals surface area contributed by atoms with E-state index >= 15 is 0 Å². The molecule has 0 aromatic rings. The molecule has 0 aromatic heterocycles. The molecule has 29 heavy (non-hydrogen) atoms. The van der Waals surface area contributed by atoms with Crippen LogP contribution in [-0.2, 0) is 94.0 Å². The number of halogens is 1. The molecule has 0 aliphatic heterocycles. The Labute approximate surface area is 226 Å². The van der Waals surface area contributed by atoms with Gasteiger partial charge < -0.3 is 29.4 Å². The van der Waals surface area contributed by atoms with Crippen molar-refractivity contribution in [3.63, 3.8) is 0 Å². The average molecular weight is 591 g/mol. The number of ether oxygens (including phenoxy) is 4. The van der Waals surface area contributed by atoms with E-state index in [9.17, 15) is 9.59 Å². The monoisotopic (exact) mass is 590 g/mol. The van der Waals surface area contributed by atoms with Crippen LogP contribution >= 0.6 is 11.6 Å². The zero-order valence-corrected chi connectivity index (χ0v) is 23.7. The molecule has 0 saturated heterocycles. The predicted molar refractivity (Wildman–Crippen MR) is 98.6 cm³/mol. The van der Waals surface area contributed by atoms with E-state index in [1.165, 1.54) is 20.4 Å². The van der Waals surface area contributed by atoms with Crippen molar-refractivity contribution in [1.29, 1.82) is 0 Å². The van der Waals surface area contributed by atoms with E-state index in [1.807, 2.05) is 0 Å². The van der Waals surface area contributed by atoms with Crippen LogP contribution in [0.2, 0.25) is 0 Å². The van der Waals surface area contributed by atoms with Crippen LogP contribution in [0.15, 0.2) is 10.3 Å². The topological polar surface area (TPSA) is 136 Å². The number of rotatable bonds is 12. The van der Waals surface area contributed by atoms with Crippen molar-refractivity contribution in [2.24, 2.45) is 22.1 Å². The van der Waals surface area contributed by atoms with Crippen LogP contribution in [0.25, 0.3) is 0 Å². The fourth-order valence-corrected chi connectivity index (χ4v) is 2.01. The average Bonchev–Trinajstić information content (AvgIpc) is 2.68. The molecular weight excluding hydrogens is 561 g/mol. The Bertz CT molecular complexity index is 470. The number of methoxy groups -OCH3 is 4. The van der Waals surface area contributed by atoms with Gasteiger partial charge in [-0.1, -0.05) is 16.8 Å². The summed E-state index contributed by atoms with van der Waals surface area (Å²) in [7, 11) is 5.73. The summed E-state index contributed by atoms with van der Waals surface area (Å²) >= 11 is 5.60. The molecule has 2 radical (unpaired) electrons. The third-order valence-electron chi connectivity index (χ3n) is 3.37. The van der Waals surface area contributed by atoms with Gasteiger partial charge in [-0.3, -0.25) is 9.59 Å². The van der Waals surface area contributed by atoms with Crippen molar-refractivity contribution in [3.05, 3.63) is 0 Å². The summed E-state index contributed by atoms with van der Waals surface area (Å²) in [6.07, 6.45) is 2.76. The molecule has 0 rings (SSSR count). The van der Waals surface area contributed by atoms with E-state index in [4.69, 9.17) is 31.5 Å². The van der Waals surface area contributed by atoms with Crippen LogP contribution in [0.5, 0.6) is 0 Å². The first-order chi connectivity index (χ1) is 12.9. The van der Waals surface area contributed by atoms with Crippen molar-refractivity contribution in [2.45, 2.75) is 25.7 Å². The van der Waals surface area contributed by atoms with Gasteiger partial charge in [-0.15, -0.1) is 5.16 Å². The largest absolute Gasteiger partial charge is 0.469 e. The van der Waals surface area contributed by atoms with Crippen molar-refractivity contribution < 1.29 is 104 Å². The molecule has 13 heteroatoms. The molecule has 0 saturated carbocycles. The maximum Gasteiger partial charge on any atom is 0.306 e. The SMILES string of the molecule is COCCC(/C=N/O)CC(=O)OC.COCCC(CC(=O)OC)/C(Cl)=N/O.[Y].[Y]. The molecule has 164 valence electrons. The summed E-state index contributed by atoms with van der Waals surface area (Å²) in [5.41, 5.74) is 0.